The van der Waals surface area contributed by atoms with Crippen LogP contribution in [0.4, 0.5) is 10.7 Å². The van der Waals surface area contributed by atoms with E-state index in [1.54, 1.807) is 13.8 Å². The van der Waals surface area contributed by atoms with Crippen molar-refractivity contribution < 1.29 is 19.2 Å². The van der Waals surface area contributed by atoms with Gasteiger partial charge in [-0.1, -0.05) is 0 Å². The number of carbonyl (C=O) groups is 2. The molecular formula is C16H20N4O5S. The summed E-state index contributed by atoms with van der Waals surface area (Å²) in [6.45, 7) is 8.44. The van der Waals surface area contributed by atoms with Crippen LogP contribution in [0.1, 0.15) is 39.1 Å². The molecule has 2 aromatic rings. The maximum absolute atomic E-state index is 12.4. The zero-order chi connectivity index (χ0) is 19.6. The SMILES string of the molecule is CCOC(=O)c1c(NC(=O)Cn2nc(C)c([N+](=O)[O-])c2C)sc(C)c1C. The molecule has 1 amide bonds. The number of nitro groups is 1. The highest BCUT2D eigenvalue weighted by atomic mass is 32.1. The van der Waals surface area contributed by atoms with Gasteiger partial charge in [0.15, 0.2) is 0 Å². The van der Waals surface area contributed by atoms with Crippen LogP contribution in [0.25, 0.3) is 0 Å². The van der Waals surface area contributed by atoms with Crippen LogP contribution in [0.2, 0.25) is 0 Å². The minimum atomic E-state index is -0.517. The molecule has 2 aromatic heterocycles. The quantitative estimate of drug-likeness (QED) is 0.468. The van der Waals surface area contributed by atoms with E-state index in [0.29, 0.717) is 16.3 Å². The first-order chi connectivity index (χ1) is 12.2. The standard InChI is InChI=1S/C16H20N4O5S/c1-6-25-16(22)13-8(2)11(5)26-15(13)17-12(21)7-19-10(4)14(20(23)24)9(3)18-19/h6-7H2,1-5H3,(H,17,21). The van der Waals surface area contributed by atoms with Crippen LogP contribution in [-0.4, -0.2) is 33.2 Å². The second-order valence-electron chi connectivity index (χ2n) is 5.69. The molecule has 140 valence electrons. The summed E-state index contributed by atoms with van der Waals surface area (Å²) in [5, 5.41) is 18.2. The van der Waals surface area contributed by atoms with Crippen LogP contribution >= 0.6 is 11.3 Å². The van der Waals surface area contributed by atoms with Crippen molar-refractivity contribution in [1.82, 2.24) is 9.78 Å². The van der Waals surface area contributed by atoms with Gasteiger partial charge in [-0.3, -0.25) is 19.6 Å². The molecule has 0 bridgehead atoms. The molecular weight excluding hydrogens is 360 g/mol. The number of anilines is 1. The molecule has 2 rings (SSSR count). The average Bonchev–Trinajstić information content (AvgIpc) is 2.96. The summed E-state index contributed by atoms with van der Waals surface area (Å²) in [6, 6.07) is 0. The van der Waals surface area contributed by atoms with Gasteiger partial charge in [-0.2, -0.15) is 5.10 Å². The van der Waals surface area contributed by atoms with Crippen LogP contribution in [0, 0.1) is 37.8 Å². The summed E-state index contributed by atoms with van der Waals surface area (Å²) in [6.07, 6.45) is 0. The average molecular weight is 380 g/mol. The number of aryl methyl sites for hydroxylation is 2. The molecule has 10 heteroatoms. The number of carbonyl (C=O) groups excluding carboxylic acids is 2. The van der Waals surface area contributed by atoms with Crippen LogP contribution in [0.15, 0.2) is 0 Å². The predicted molar refractivity (Wildman–Crippen MR) is 96.7 cm³/mol. The number of hydrogen-bond donors (Lipinski definition) is 1. The third-order valence-corrected chi connectivity index (χ3v) is 5.06. The zero-order valence-electron chi connectivity index (χ0n) is 15.2. The van der Waals surface area contributed by atoms with E-state index in [0.717, 1.165) is 10.4 Å². The number of ether oxygens (including phenoxy) is 1. The lowest BCUT2D eigenvalue weighted by molar-refractivity contribution is -0.386. The third-order valence-electron chi connectivity index (χ3n) is 3.94. The van der Waals surface area contributed by atoms with Crippen molar-refractivity contribution in [2.24, 2.45) is 0 Å². The van der Waals surface area contributed by atoms with Gasteiger partial charge in [0.05, 0.1) is 17.1 Å². The maximum atomic E-state index is 12.4. The van der Waals surface area contributed by atoms with E-state index in [-0.39, 0.29) is 24.5 Å². The minimum Gasteiger partial charge on any atom is -0.462 e. The van der Waals surface area contributed by atoms with Crippen LogP contribution in [0.3, 0.4) is 0 Å². The Kier molecular flexibility index (Phi) is 5.76. The summed E-state index contributed by atoms with van der Waals surface area (Å²) < 4.78 is 6.33. The molecule has 0 aliphatic heterocycles. The van der Waals surface area contributed by atoms with Gasteiger partial charge in [0.2, 0.25) is 5.91 Å². The molecule has 0 aliphatic carbocycles. The van der Waals surface area contributed by atoms with Crippen molar-refractivity contribution in [2.75, 3.05) is 11.9 Å². The van der Waals surface area contributed by atoms with Crippen LogP contribution in [-0.2, 0) is 16.1 Å². The topological polar surface area (TPSA) is 116 Å². The van der Waals surface area contributed by atoms with E-state index in [2.05, 4.69) is 10.4 Å². The van der Waals surface area contributed by atoms with Gasteiger partial charge in [0.25, 0.3) is 0 Å². The Hall–Kier alpha value is -2.75. The van der Waals surface area contributed by atoms with E-state index in [4.69, 9.17) is 4.74 Å². The zero-order valence-corrected chi connectivity index (χ0v) is 16.0. The molecule has 0 spiro atoms. The van der Waals surface area contributed by atoms with Gasteiger partial charge < -0.3 is 10.1 Å². The van der Waals surface area contributed by atoms with E-state index in [1.165, 1.54) is 29.9 Å². The first-order valence-electron chi connectivity index (χ1n) is 7.92. The Labute approximate surface area is 154 Å². The minimum absolute atomic E-state index is 0.104. The van der Waals surface area contributed by atoms with Gasteiger partial charge >= 0.3 is 11.7 Å². The lowest BCUT2D eigenvalue weighted by atomic mass is 10.1. The Morgan fingerprint density at radius 2 is 1.96 bits per heavy atom. The van der Waals surface area contributed by atoms with Crippen molar-refractivity contribution in [3.05, 3.63) is 37.5 Å². The van der Waals surface area contributed by atoms with Gasteiger partial charge in [-0.15, -0.1) is 11.3 Å². The largest absolute Gasteiger partial charge is 0.462 e. The number of nitrogens with one attached hydrogen (secondary N) is 1. The van der Waals surface area contributed by atoms with Crippen LogP contribution < -0.4 is 5.32 Å². The first-order valence-corrected chi connectivity index (χ1v) is 8.74. The number of thiophene rings is 1. The van der Waals surface area contributed by atoms with Crippen molar-refractivity contribution in [3.63, 3.8) is 0 Å². The Morgan fingerprint density at radius 3 is 2.50 bits per heavy atom. The first kappa shape index (κ1) is 19.6. The molecule has 0 atom stereocenters. The Balaban J connectivity index is 2.24. The highest BCUT2D eigenvalue weighted by molar-refractivity contribution is 7.16. The van der Waals surface area contributed by atoms with E-state index in [9.17, 15) is 19.7 Å². The lowest BCUT2D eigenvalue weighted by Gasteiger charge is -2.08. The lowest BCUT2D eigenvalue weighted by Crippen LogP contribution is -2.21. The Bertz CT molecular complexity index is 884. The number of amides is 1. The van der Waals surface area contributed by atoms with E-state index >= 15 is 0 Å². The number of rotatable bonds is 6. The van der Waals surface area contributed by atoms with Crippen molar-refractivity contribution >= 4 is 33.9 Å². The van der Waals surface area contributed by atoms with Crippen molar-refractivity contribution in [2.45, 2.75) is 41.2 Å². The fourth-order valence-electron chi connectivity index (χ4n) is 2.57. The van der Waals surface area contributed by atoms with Crippen molar-refractivity contribution in [3.8, 4) is 0 Å². The van der Waals surface area contributed by atoms with Gasteiger partial charge in [0, 0.05) is 4.88 Å². The molecule has 0 radical (unpaired) electrons. The highest BCUT2D eigenvalue weighted by Gasteiger charge is 2.25. The molecule has 0 aromatic carbocycles. The monoisotopic (exact) mass is 380 g/mol. The summed E-state index contributed by atoms with van der Waals surface area (Å²) in [4.78, 5) is 36.0. The molecule has 0 saturated heterocycles. The molecule has 0 saturated carbocycles. The molecule has 26 heavy (non-hydrogen) atoms. The van der Waals surface area contributed by atoms with Crippen molar-refractivity contribution in [1.29, 1.82) is 0 Å². The molecule has 9 nitrogen and oxygen atoms in total. The third kappa shape index (κ3) is 3.74. The fourth-order valence-corrected chi connectivity index (χ4v) is 3.64. The summed E-state index contributed by atoms with van der Waals surface area (Å²) in [5.41, 5.74) is 1.53. The molecule has 0 aliphatic rings. The van der Waals surface area contributed by atoms with Gasteiger partial charge in [-0.25, -0.2) is 4.79 Å². The van der Waals surface area contributed by atoms with E-state index in [1.807, 2.05) is 6.92 Å². The Morgan fingerprint density at radius 1 is 1.31 bits per heavy atom. The van der Waals surface area contributed by atoms with Gasteiger partial charge in [-0.05, 0) is 40.2 Å². The van der Waals surface area contributed by atoms with Gasteiger partial charge in [0.1, 0.15) is 22.9 Å². The second kappa shape index (κ2) is 7.65. The number of esters is 1. The summed E-state index contributed by atoms with van der Waals surface area (Å²) >= 11 is 1.28. The molecule has 2 heterocycles. The second-order valence-corrected chi connectivity index (χ2v) is 6.91. The molecule has 0 unspecified atom stereocenters. The number of hydrogen-bond acceptors (Lipinski definition) is 7. The smallest absolute Gasteiger partial charge is 0.341 e. The normalized spacial score (nSPS) is 10.7. The fraction of sp³-hybridized carbons (Fsp3) is 0.438. The predicted octanol–water partition coefficient (Wildman–Crippen LogP) is 2.90. The summed E-state index contributed by atoms with van der Waals surface area (Å²) in [5.74, 6) is -0.927. The highest BCUT2D eigenvalue weighted by Crippen LogP contribution is 2.33. The van der Waals surface area contributed by atoms with E-state index < -0.39 is 16.8 Å². The summed E-state index contributed by atoms with van der Waals surface area (Å²) in [7, 11) is 0. The molecule has 1 N–H and O–H groups in total. The number of aromatic nitrogens is 2. The molecule has 0 fully saturated rings. The van der Waals surface area contributed by atoms with Crippen LogP contribution in [0.5, 0.6) is 0 Å². The maximum Gasteiger partial charge on any atom is 0.341 e. The number of nitrogens with zero attached hydrogens (tertiary/aromatic N) is 3.